The van der Waals surface area contributed by atoms with Crippen molar-refractivity contribution in [3.05, 3.63) is 65.7 Å². The summed E-state index contributed by atoms with van der Waals surface area (Å²) in [6, 6.07) is 18.6. The first-order valence-corrected chi connectivity index (χ1v) is 12.9. The molecule has 2 heterocycles. The van der Waals surface area contributed by atoms with Gasteiger partial charge in [0, 0.05) is 26.2 Å². The molecule has 0 spiro atoms. The van der Waals surface area contributed by atoms with E-state index in [9.17, 15) is 9.59 Å². The molecule has 2 saturated heterocycles. The van der Waals surface area contributed by atoms with Crippen LogP contribution < -0.4 is 10.1 Å². The van der Waals surface area contributed by atoms with Crippen LogP contribution in [0.2, 0.25) is 0 Å². The molecule has 2 aromatic rings. The van der Waals surface area contributed by atoms with Crippen molar-refractivity contribution < 1.29 is 23.8 Å². The summed E-state index contributed by atoms with van der Waals surface area (Å²) in [5.74, 6) is 1.12. The van der Waals surface area contributed by atoms with Crippen LogP contribution in [0.5, 0.6) is 5.75 Å². The summed E-state index contributed by atoms with van der Waals surface area (Å²) in [7, 11) is 0. The van der Waals surface area contributed by atoms with Crippen LogP contribution in [0.15, 0.2) is 54.6 Å². The second-order valence-corrected chi connectivity index (χ2v) is 11.2. The Morgan fingerprint density at radius 1 is 0.974 bits per heavy atom. The Morgan fingerprint density at radius 3 is 2.18 bits per heavy atom. The van der Waals surface area contributed by atoms with Gasteiger partial charge in [-0.3, -0.25) is 10.2 Å². The average molecular weight is 521 g/mol. The number of fused-ring (bicyclic) bond motifs is 1. The van der Waals surface area contributed by atoms with Gasteiger partial charge in [-0.15, -0.1) is 0 Å². The summed E-state index contributed by atoms with van der Waals surface area (Å²) in [5.41, 5.74) is 0.0178. The zero-order chi connectivity index (χ0) is 27.3. The number of carbonyl (C=O) groups excluding carboxylic acids is 2. The van der Waals surface area contributed by atoms with Crippen molar-refractivity contribution in [2.75, 3.05) is 32.8 Å². The van der Waals surface area contributed by atoms with Crippen molar-refractivity contribution in [3.8, 4) is 11.8 Å². The second-order valence-electron chi connectivity index (χ2n) is 11.2. The van der Waals surface area contributed by atoms with E-state index in [4.69, 9.17) is 19.5 Å². The summed E-state index contributed by atoms with van der Waals surface area (Å²) in [6.07, 6.45) is -0.819. The number of amides is 2. The first kappa shape index (κ1) is 27.3. The lowest BCUT2D eigenvalue weighted by atomic mass is 10.0. The summed E-state index contributed by atoms with van der Waals surface area (Å²) >= 11 is 0. The van der Waals surface area contributed by atoms with E-state index in [0.717, 1.165) is 5.56 Å². The van der Waals surface area contributed by atoms with Gasteiger partial charge in [-0.05, 0) is 69.4 Å². The topological polar surface area (TPSA) is 104 Å². The number of nitrogens with one attached hydrogen (secondary N) is 1. The number of hydrogen-bond acceptors (Lipinski definition) is 7. The normalized spacial score (nSPS) is 20.7. The Hall–Kier alpha value is -3.77. The molecule has 3 atom stereocenters. The number of rotatable bonds is 7. The SMILES string of the molecule is CC(C)(C)OC(=O)NC(C)(COc1ccc(C#N)cc1)N1CC2CN(C(=O)OCc3ccccc3)CC2C1. The minimum atomic E-state index is -0.848. The monoisotopic (exact) mass is 520 g/mol. The Morgan fingerprint density at radius 2 is 1.61 bits per heavy atom. The van der Waals surface area contributed by atoms with Gasteiger partial charge in [0.15, 0.2) is 0 Å². The van der Waals surface area contributed by atoms with E-state index in [1.54, 1.807) is 29.2 Å². The molecule has 3 unspecified atom stereocenters. The minimum Gasteiger partial charge on any atom is -0.490 e. The molecule has 0 saturated carbocycles. The van der Waals surface area contributed by atoms with Gasteiger partial charge in [0.25, 0.3) is 0 Å². The van der Waals surface area contributed by atoms with Crippen LogP contribution in [-0.4, -0.2) is 66.0 Å². The summed E-state index contributed by atoms with van der Waals surface area (Å²) in [5, 5.41) is 12.1. The van der Waals surface area contributed by atoms with Crippen molar-refractivity contribution >= 4 is 12.2 Å². The molecule has 0 radical (unpaired) electrons. The number of benzene rings is 2. The molecular weight excluding hydrogens is 484 g/mol. The molecule has 202 valence electrons. The van der Waals surface area contributed by atoms with Gasteiger partial charge >= 0.3 is 12.2 Å². The third-order valence-corrected chi connectivity index (χ3v) is 6.92. The number of carbonyl (C=O) groups is 2. The van der Waals surface area contributed by atoms with E-state index in [1.165, 1.54) is 0 Å². The predicted octanol–water partition coefficient (Wildman–Crippen LogP) is 4.38. The van der Waals surface area contributed by atoms with Crippen LogP contribution >= 0.6 is 0 Å². The largest absolute Gasteiger partial charge is 0.490 e. The van der Waals surface area contributed by atoms with Gasteiger partial charge in [-0.2, -0.15) is 5.26 Å². The Balaban J connectivity index is 1.38. The van der Waals surface area contributed by atoms with Crippen LogP contribution in [0.4, 0.5) is 9.59 Å². The molecule has 2 aliphatic heterocycles. The molecule has 0 bridgehead atoms. The quantitative estimate of drug-likeness (QED) is 0.578. The number of hydrogen-bond donors (Lipinski definition) is 1. The number of likely N-dealkylation sites (tertiary alicyclic amines) is 2. The fourth-order valence-electron chi connectivity index (χ4n) is 4.94. The summed E-state index contributed by atoms with van der Waals surface area (Å²) in [6.45, 7) is 10.4. The summed E-state index contributed by atoms with van der Waals surface area (Å²) in [4.78, 5) is 29.4. The maximum absolute atomic E-state index is 12.8. The molecule has 2 amide bonds. The molecule has 38 heavy (non-hydrogen) atoms. The fourth-order valence-corrected chi connectivity index (χ4v) is 4.94. The van der Waals surface area contributed by atoms with E-state index in [0.29, 0.717) is 37.5 Å². The number of nitriles is 1. The van der Waals surface area contributed by atoms with E-state index in [1.807, 2.05) is 58.0 Å². The molecule has 9 heteroatoms. The van der Waals surface area contributed by atoms with Gasteiger partial charge in [0.1, 0.15) is 30.2 Å². The lowest BCUT2D eigenvalue weighted by Crippen LogP contribution is -2.62. The smallest absolute Gasteiger partial charge is 0.410 e. The number of nitrogens with zero attached hydrogens (tertiary/aromatic N) is 3. The highest BCUT2D eigenvalue weighted by Crippen LogP contribution is 2.35. The van der Waals surface area contributed by atoms with Gasteiger partial charge in [-0.1, -0.05) is 30.3 Å². The molecular formula is C29H36N4O5. The molecule has 2 aliphatic rings. The minimum absolute atomic E-state index is 0.181. The second kappa shape index (κ2) is 11.3. The zero-order valence-corrected chi connectivity index (χ0v) is 22.5. The van der Waals surface area contributed by atoms with Crippen molar-refractivity contribution in [2.45, 2.75) is 45.6 Å². The lowest BCUT2D eigenvalue weighted by Gasteiger charge is -2.40. The van der Waals surface area contributed by atoms with E-state index < -0.39 is 17.4 Å². The van der Waals surface area contributed by atoms with Gasteiger partial charge < -0.3 is 19.1 Å². The molecule has 0 aromatic heterocycles. The van der Waals surface area contributed by atoms with E-state index in [-0.39, 0.29) is 31.1 Å². The van der Waals surface area contributed by atoms with Crippen molar-refractivity contribution in [1.29, 1.82) is 5.26 Å². The van der Waals surface area contributed by atoms with Gasteiger partial charge in [-0.25, -0.2) is 9.59 Å². The number of alkyl carbamates (subject to hydrolysis) is 1. The van der Waals surface area contributed by atoms with E-state index in [2.05, 4.69) is 16.3 Å². The highest BCUT2D eigenvalue weighted by molar-refractivity contribution is 5.69. The average Bonchev–Trinajstić information content (AvgIpc) is 3.46. The molecule has 2 aromatic carbocycles. The van der Waals surface area contributed by atoms with Gasteiger partial charge in [0.2, 0.25) is 0 Å². The third-order valence-electron chi connectivity index (χ3n) is 6.92. The Kier molecular flexibility index (Phi) is 8.12. The molecule has 0 aliphatic carbocycles. The highest BCUT2D eigenvalue weighted by atomic mass is 16.6. The first-order valence-electron chi connectivity index (χ1n) is 12.9. The maximum atomic E-state index is 12.8. The highest BCUT2D eigenvalue weighted by Gasteiger charge is 2.48. The van der Waals surface area contributed by atoms with Crippen molar-refractivity contribution in [1.82, 2.24) is 15.1 Å². The van der Waals surface area contributed by atoms with Crippen molar-refractivity contribution in [3.63, 3.8) is 0 Å². The molecule has 1 N–H and O–H groups in total. The van der Waals surface area contributed by atoms with Crippen LogP contribution in [0.3, 0.4) is 0 Å². The maximum Gasteiger partial charge on any atom is 0.410 e. The van der Waals surface area contributed by atoms with Crippen LogP contribution in [-0.2, 0) is 16.1 Å². The Labute approximate surface area is 224 Å². The zero-order valence-electron chi connectivity index (χ0n) is 22.5. The summed E-state index contributed by atoms with van der Waals surface area (Å²) < 4.78 is 17.1. The van der Waals surface area contributed by atoms with Crippen LogP contribution in [0, 0.1) is 23.2 Å². The van der Waals surface area contributed by atoms with Crippen molar-refractivity contribution in [2.24, 2.45) is 11.8 Å². The standard InChI is InChI=1S/C29H36N4O5/c1-28(2,3)38-26(34)31-29(4,20-37-25-12-10-21(14-30)11-13-25)33-17-23-15-32(16-24(23)18-33)27(35)36-19-22-8-6-5-7-9-22/h5-13,23-24H,15-20H2,1-4H3,(H,31,34). The molecule has 2 fully saturated rings. The first-order chi connectivity index (χ1) is 18.0. The predicted molar refractivity (Wildman–Crippen MR) is 141 cm³/mol. The molecule has 9 nitrogen and oxygen atoms in total. The lowest BCUT2D eigenvalue weighted by molar-refractivity contribution is 0.00612. The number of ether oxygens (including phenoxy) is 3. The van der Waals surface area contributed by atoms with Gasteiger partial charge in [0.05, 0.1) is 11.6 Å². The Bertz CT molecular complexity index is 1140. The van der Waals surface area contributed by atoms with E-state index >= 15 is 0 Å². The molecule has 4 rings (SSSR count). The van der Waals surface area contributed by atoms with Crippen LogP contribution in [0.1, 0.15) is 38.8 Å². The third kappa shape index (κ3) is 6.95. The van der Waals surface area contributed by atoms with Crippen LogP contribution in [0.25, 0.3) is 0 Å². The fraction of sp³-hybridized carbons (Fsp3) is 0.483.